The van der Waals surface area contributed by atoms with Gasteiger partial charge in [0.25, 0.3) is 0 Å². The molecule has 412 valence electrons. The van der Waals surface area contributed by atoms with Gasteiger partial charge in [0.15, 0.2) is 6.10 Å². The number of ether oxygens (including phenoxy) is 2. The maximum Gasteiger partial charge on any atom is 0.472 e. The maximum atomic E-state index is 12.8. The van der Waals surface area contributed by atoms with Gasteiger partial charge < -0.3 is 18.9 Å². The first-order chi connectivity index (χ1) is 34.0. The van der Waals surface area contributed by atoms with Crippen LogP contribution in [0.25, 0.3) is 0 Å². The second-order valence-electron chi connectivity index (χ2n) is 21.4. The molecule has 0 aromatic heterocycles. The minimum Gasteiger partial charge on any atom is -0.462 e. The lowest BCUT2D eigenvalue weighted by Crippen LogP contribution is -2.37. The Labute approximate surface area is 433 Å². The summed E-state index contributed by atoms with van der Waals surface area (Å²) in [5.74, 6) is -0.790. The van der Waals surface area contributed by atoms with Gasteiger partial charge in [0.1, 0.15) is 19.8 Å². The molecule has 0 spiro atoms. The monoisotopic (exact) mass is 1010 g/mol. The summed E-state index contributed by atoms with van der Waals surface area (Å²) in [7, 11) is 1.49. The number of carbonyl (C=O) groups is 2. The first kappa shape index (κ1) is 68.2. The average Bonchev–Trinajstić information content (AvgIpc) is 3.32. The summed E-state index contributed by atoms with van der Waals surface area (Å²) in [5.41, 5.74) is 0. The number of quaternary nitrogens is 1. The number of allylic oxidation sites excluding steroid dienone is 6. The van der Waals surface area contributed by atoms with Gasteiger partial charge in [-0.1, -0.05) is 237 Å². The Morgan fingerprint density at radius 3 is 1.14 bits per heavy atom. The molecule has 0 aliphatic rings. The van der Waals surface area contributed by atoms with Gasteiger partial charge in [-0.3, -0.25) is 18.6 Å². The fraction of sp³-hybridized carbons (Fsp3) is 0.867. The largest absolute Gasteiger partial charge is 0.472 e. The van der Waals surface area contributed by atoms with Crippen molar-refractivity contribution in [3.8, 4) is 0 Å². The molecule has 9 nitrogen and oxygen atoms in total. The summed E-state index contributed by atoms with van der Waals surface area (Å²) >= 11 is 0. The van der Waals surface area contributed by atoms with Crippen molar-refractivity contribution >= 4 is 19.8 Å². The van der Waals surface area contributed by atoms with Crippen molar-refractivity contribution in [2.24, 2.45) is 0 Å². The molecular weight excluding hydrogens is 894 g/mol. The van der Waals surface area contributed by atoms with E-state index in [4.69, 9.17) is 18.5 Å². The van der Waals surface area contributed by atoms with Crippen molar-refractivity contribution < 1.29 is 42.1 Å². The van der Waals surface area contributed by atoms with Crippen molar-refractivity contribution in [1.29, 1.82) is 0 Å². The number of phosphoric ester groups is 1. The number of rotatable bonds is 55. The van der Waals surface area contributed by atoms with Crippen LogP contribution in [-0.2, 0) is 32.7 Å². The van der Waals surface area contributed by atoms with E-state index >= 15 is 0 Å². The Kier molecular flexibility index (Phi) is 50.8. The van der Waals surface area contributed by atoms with Gasteiger partial charge in [-0.2, -0.15) is 0 Å². The topological polar surface area (TPSA) is 108 Å². The molecule has 0 radical (unpaired) electrons. The minimum atomic E-state index is -4.38. The zero-order valence-electron chi connectivity index (χ0n) is 46.8. The van der Waals surface area contributed by atoms with Crippen LogP contribution in [0.2, 0.25) is 0 Å². The van der Waals surface area contributed by atoms with Crippen molar-refractivity contribution in [3.63, 3.8) is 0 Å². The third kappa shape index (κ3) is 55.5. The lowest BCUT2D eigenvalue weighted by molar-refractivity contribution is -0.870. The molecule has 0 rings (SSSR count). The lowest BCUT2D eigenvalue weighted by Gasteiger charge is -2.24. The van der Waals surface area contributed by atoms with Crippen molar-refractivity contribution in [2.45, 2.75) is 290 Å². The second kappa shape index (κ2) is 52.1. The van der Waals surface area contributed by atoms with Crippen LogP contribution >= 0.6 is 7.82 Å². The third-order valence-electron chi connectivity index (χ3n) is 13.1. The van der Waals surface area contributed by atoms with Crippen LogP contribution in [0.1, 0.15) is 284 Å². The van der Waals surface area contributed by atoms with Gasteiger partial charge in [-0.15, -0.1) is 0 Å². The number of phosphoric acid groups is 1. The molecule has 0 aromatic carbocycles. The van der Waals surface area contributed by atoms with Crippen LogP contribution in [0.5, 0.6) is 0 Å². The van der Waals surface area contributed by atoms with Crippen LogP contribution in [0.4, 0.5) is 0 Å². The first-order valence-corrected chi connectivity index (χ1v) is 31.2. The van der Waals surface area contributed by atoms with E-state index < -0.39 is 26.5 Å². The number of unbranched alkanes of at least 4 members (excludes halogenated alkanes) is 35. The highest BCUT2D eigenvalue weighted by atomic mass is 31.2. The van der Waals surface area contributed by atoms with E-state index in [-0.39, 0.29) is 32.0 Å². The highest BCUT2D eigenvalue weighted by Crippen LogP contribution is 2.43. The van der Waals surface area contributed by atoms with Gasteiger partial charge in [0.05, 0.1) is 27.7 Å². The minimum absolute atomic E-state index is 0.0326. The van der Waals surface area contributed by atoms with E-state index in [0.29, 0.717) is 17.4 Å². The summed E-state index contributed by atoms with van der Waals surface area (Å²) in [6, 6.07) is 0. The van der Waals surface area contributed by atoms with Gasteiger partial charge >= 0.3 is 19.8 Å². The molecule has 0 amide bonds. The number of hydrogen-bond acceptors (Lipinski definition) is 7. The highest BCUT2D eigenvalue weighted by molar-refractivity contribution is 7.47. The predicted molar refractivity (Wildman–Crippen MR) is 298 cm³/mol. The molecule has 0 aromatic rings. The second-order valence-corrected chi connectivity index (χ2v) is 22.8. The summed E-state index contributed by atoms with van der Waals surface area (Å²) in [5, 5.41) is 0. The third-order valence-corrected chi connectivity index (χ3v) is 14.1. The molecule has 2 atom stereocenters. The summed E-state index contributed by atoms with van der Waals surface area (Å²) in [4.78, 5) is 35.7. The van der Waals surface area contributed by atoms with Crippen molar-refractivity contribution in [2.75, 3.05) is 47.5 Å². The fourth-order valence-corrected chi connectivity index (χ4v) is 9.25. The molecule has 0 aliphatic heterocycles. The molecule has 70 heavy (non-hydrogen) atoms. The first-order valence-electron chi connectivity index (χ1n) is 29.7. The van der Waals surface area contributed by atoms with Crippen molar-refractivity contribution in [1.82, 2.24) is 0 Å². The van der Waals surface area contributed by atoms with E-state index in [1.54, 1.807) is 0 Å². The number of likely N-dealkylation sites (N-methyl/N-ethyl adjacent to an activating group) is 1. The lowest BCUT2D eigenvalue weighted by atomic mass is 10.0. The number of hydrogen-bond donors (Lipinski definition) is 1. The Morgan fingerprint density at radius 1 is 0.443 bits per heavy atom. The molecular formula is C60H115NO8P+. The molecule has 0 fully saturated rings. The van der Waals surface area contributed by atoms with E-state index in [0.717, 1.165) is 38.5 Å². The van der Waals surface area contributed by atoms with E-state index in [2.05, 4.69) is 50.3 Å². The van der Waals surface area contributed by atoms with Gasteiger partial charge in [-0.05, 0) is 70.6 Å². The van der Waals surface area contributed by atoms with Gasteiger partial charge in [-0.25, -0.2) is 4.57 Å². The standard InChI is InChI=1S/C60H114NO8P/c1-6-8-10-12-14-16-18-20-22-24-25-26-27-28-29-30-31-32-33-34-35-37-39-41-43-45-47-49-51-53-60(63)69-58(57-68-70(64,65)67-55-54-61(3,4)5)56-66-59(62)52-50-48-46-44-42-40-38-36-23-21-19-17-15-13-11-9-7-2/h18,20-21,23-25,58H,6-17,19,22,26-57H2,1-5H3/p+1/b20-18-,23-21-,25-24-. The molecule has 0 heterocycles. The Bertz CT molecular complexity index is 1280. The fourth-order valence-electron chi connectivity index (χ4n) is 8.51. The SMILES string of the molecule is CCCCCCC/C=C\C/C=C\CCCCCCCCCCCCCCCCCCCC(=O)OC(COC(=O)CCCCCCCCC/C=C\CCCCCCCC)COP(=O)(O)OCC[N+](C)(C)C. The Morgan fingerprint density at radius 2 is 0.771 bits per heavy atom. The predicted octanol–water partition coefficient (Wildman–Crippen LogP) is 18.4. The zero-order valence-corrected chi connectivity index (χ0v) is 47.7. The van der Waals surface area contributed by atoms with Crippen LogP contribution < -0.4 is 0 Å². The van der Waals surface area contributed by atoms with Gasteiger partial charge in [0, 0.05) is 12.8 Å². The van der Waals surface area contributed by atoms with Gasteiger partial charge in [0.2, 0.25) is 0 Å². The molecule has 0 bridgehead atoms. The van der Waals surface area contributed by atoms with E-state index in [1.165, 1.54) is 212 Å². The zero-order chi connectivity index (χ0) is 51.3. The molecule has 0 saturated heterocycles. The molecule has 0 saturated carbocycles. The molecule has 10 heteroatoms. The number of nitrogens with zero attached hydrogens (tertiary/aromatic N) is 1. The summed E-state index contributed by atoms with van der Waals surface area (Å²) in [6.45, 7) is 4.45. The molecule has 2 unspecified atom stereocenters. The quantitative estimate of drug-likeness (QED) is 0.0211. The van der Waals surface area contributed by atoms with Crippen LogP contribution in [0.15, 0.2) is 36.5 Å². The smallest absolute Gasteiger partial charge is 0.462 e. The Hall–Kier alpha value is -1.77. The number of esters is 2. The Balaban J connectivity index is 4.08. The van der Waals surface area contributed by atoms with Crippen molar-refractivity contribution in [3.05, 3.63) is 36.5 Å². The normalized spacial score (nSPS) is 13.5. The van der Waals surface area contributed by atoms with Crippen LogP contribution in [0.3, 0.4) is 0 Å². The average molecular weight is 1010 g/mol. The highest BCUT2D eigenvalue weighted by Gasteiger charge is 2.27. The van der Waals surface area contributed by atoms with Crippen LogP contribution in [0, 0.1) is 0 Å². The molecule has 1 N–H and O–H groups in total. The van der Waals surface area contributed by atoms with E-state index in [9.17, 15) is 19.0 Å². The number of carbonyl (C=O) groups excluding carboxylic acids is 2. The summed E-state index contributed by atoms with van der Waals surface area (Å²) in [6.07, 6.45) is 63.6. The van der Waals surface area contributed by atoms with Crippen LogP contribution in [-0.4, -0.2) is 74.9 Å². The summed E-state index contributed by atoms with van der Waals surface area (Å²) < 4.78 is 34.6. The maximum absolute atomic E-state index is 12.8. The molecule has 0 aliphatic carbocycles. The van der Waals surface area contributed by atoms with E-state index in [1.807, 2.05) is 21.1 Å².